The first-order valence-corrected chi connectivity index (χ1v) is 7.02. The smallest absolute Gasteiger partial charge is 0.246 e. The molecule has 20 heavy (non-hydrogen) atoms. The minimum atomic E-state index is -0.213. The van der Waals surface area contributed by atoms with E-state index in [1.165, 1.54) is 7.11 Å². The van der Waals surface area contributed by atoms with Crippen molar-refractivity contribution in [1.29, 1.82) is 0 Å². The van der Waals surface area contributed by atoms with Gasteiger partial charge in [0.15, 0.2) is 0 Å². The predicted octanol–water partition coefficient (Wildman–Crippen LogP) is -1.29. The van der Waals surface area contributed by atoms with E-state index in [-0.39, 0.29) is 36.4 Å². The van der Waals surface area contributed by atoms with Gasteiger partial charge in [-0.15, -0.1) is 0 Å². The molecule has 2 unspecified atom stereocenters. The number of methoxy groups -OCH3 is 1. The van der Waals surface area contributed by atoms with E-state index in [9.17, 15) is 9.59 Å². The predicted molar refractivity (Wildman–Crippen MR) is 71.9 cm³/mol. The number of rotatable bonds is 4. The van der Waals surface area contributed by atoms with Crippen LogP contribution >= 0.6 is 0 Å². The molecule has 0 aromatic carbocycles. The number of carbonyl (C=O) groups is 2. The molecule has 2 heterocycles. The average Bonchev–Trinajstić information content (AvgIpc) is 2.85. The van der Waals surface area contributed by atoms with Crippen LogP contribution in [0, 0.1) is 5.92 Å². The maximum atomic E-state index is 12.3. The van der Waals surface area contributed by atoms with Gasteiger partial charge in [-0.3, -0.25) is 9.59 Å². The molecule has 7 heteroatoms. The summed E-state index contributed by atoms with van der Waals surface area (Å²) in [6, 6.07) is -0.0724. The van der Waals surface area contributed by atoms with E-state index in [1.807, 2.05) is 4.90 Å². The molecule has 2 rings (SSSR count). The Morgan fingerprint density at radius 3 is 2.60 bits per heavy atom. The van der Waals surface area contributed by atoms with Crippen molar-refractivity contribution in [2.75, 3.05) is 40.0 Å². The summed E-state index contributed by atoms with van der Waals surface area (Å²) in [5.74, 6) is -0.241. The molecule has 2 amide bonds. The lowest BCUT2D eigenvalue weighted by Crippen LogP contribution is -2.50. The van der Waals surface area contributed by atoms with Crippen LogP contribution in [-0.4, -0.2) is 68.8 Å². The first kappa shape index (κ1) is 15.2. The maximum absolute atomic E-state index is 12.3. The summed E-state index contributed by atoms with van der Waals surface area (Å²) in [5.41, 5.74) is 5.87. The number of nitrogens with two attached hydrogens (primary N) is 1. The molecule has 0 radical (unpaired) electrons. The number of hydrogen-bond donors (Lipinski definition) is 2. The van der Waals surface area contributed by atoms with Crippen molar-refractivity contribution in [2.24, 2.45) is 11.7 Å². The number of piperidine rings is 1. The van der Waals surface area contributed by atoms with Crippen molar-refractivity contribution in [2.45, 2.75) is 24.9 Å². The molecule has 2 saturated heterocycles. The van der Waals surface area contributed by atoms with E-state index >= 15 is 0 Å². The number of nitrogens with zero attached hydrogens (tertiary/aromatic N) is 1. The Kier molecular flexibility index (Phi) is 5.33. The highest BCUT2D eigenvalue weighted by Crippen LogP contribution is 2.18. The van der Waals surface area contributed by atoms with E-state index in [4.69, 9.17) is 15.2 Å². The number of hydrogen-bond acceptors (Lipinski definition) is 5. The second-order valence-electron chi connectivity index (χ2n) is 5.41. The van der Waals surface area contributed by atoms with E-state index in [2.05, 4.69) is 5.32 Å². The van der Waals surface area contributed by atoms with Crippen LogP contribution in [0.4, 0.5) is 0 Å². The van der Waals surface area contributed by atoms with Gasteiger partial charge in [-0.05, 0) is 12.8 Å². The zero-order valence-corrected chi connectivity index (χ0v) is 11.8. The van der Waals surface area contributed by atoms with Gasteiger partial charge in [0.05, 0.1) is 19.1 Å². The molecular formula is C13H23N3O4. The van der Waals surface area contributed by atoms with Gasteiger partial charge in [0, 0.05) is 32.3 Å². The number of carbonyl (C=O) groups excluding carboxylic acids is 2. The van der Waals surface area contributed by atoms with Crippen LogP contribution in [0.3, 0.4) is 0 Å². The summed E-state index contributed by atoms with van der Waals surface area (Å²) in [7, 11) is 1.49. The summed E-state index contributed by atoms with van der Waals surface area (Å²) >= 11 is 0. The van der Waals surface area contributed by atoms with Gasteiger partial charge in [-0.25, -0.2) is 0 Å². The number of ether oxygens (including phenoxy) is 2. The molecule has 2 aliphatic heterocycles. The van der Waals surface area contributed by atoms with Gasteiger partial charge in [0.2, 0.25) is 11.8 Å². The quantitative estimate of drug-likeness (QED) is 0.670. The van der Waals surface area contributed by atoms with Crippen LogP contribution in [0.5, 0.6) is 0 Å². The maximum Gasteiger partial charge on any atom is 0.246 e. The Hall–Kier alpha value is -1.18. The van der Waals surface area contributed by atoms with Crippen LogP contribution in [0.25, 0.3) is 0 Å². The van der Waals surface area contributed by atoms with E-state index in [0.29, 0.717) is 26.3 Å². The van der Waals surface area contributed by atoms with Gasteiger partial charge >= 0.3 is 0 Å². The third-order valence-corrected chi connectivity index (χ3v) is 3.89. The van der Waals surface area contributed by atoms with Gasteiger partial charge < -0.3 is 25.4 Å². The highest BCUT2D eigenvalue weighted by atomic mass is 16.5. The Balaban J connectivity index is 1.76. The second-order valence-corrected chi connectivity index (χ2v) is 5.41. The molecule has 3 N–H and O–H groups in total. The third kappa shape index (κ3) is 3.68. The monoisotopic (exact) mass is 285 g/mol. The summed E-state index contributed by atoms with van der Waals surface area (Å²) in [4.78, 5) is 25.6. The van der Waals surface area contributed by atoms with Crippen LogP contribution in [0.15, 0.2) is 0 Å². The average molecular weight is 285 g/mol. The van der Waals surface area contributed by atoms with Gasteiger partial charge in [-0.2, -0.15) is 0 Å². The highest BCUT2D eigenvalue weighted by Gasteiger charge is 2.35. The van der Waals surface area contributed by atoms with Crippen molar-refractivity contribution >= 4 is 11.8 Å². The van der Waals surface area contributed by atoms with Crippen LogP contribution < -0.4 is 11.1 Å². The lowest BCUT2D eigenvalue weighted by atomic mass is 9.99. The van der Waals surface area contributed by atoms with Crippen molar-refractivity contribution in [3.63, 3.8) is 0 Å². The fourth-order valence-electron chi connectivity index (χ4n) is 2.70. The zero-order valence-electron chi connectivity index (χ0n) is 11.8. The van der Waals surface area contributed by atoms with E-state index in [0.717, 1.165) is 12.8 Å². The normalized spacial score (nSPS) is 27.6. The molecule has 0 saturated carbocycles. The summed E-state index contributed by atoms with van der Waals surface area (Å²) < 4.78 is 10.0. The fraction of sp³-hybridized carbons (Fsp3) is 0.846. The third-order valence-electron chi connectivity index (χ3n) is 3.89. The fourth-order valence-corrected chi connectivity index (χ4v) is 2.70. The Labute approximate surface area is 118 Å². The molecule has 0 aromatic rings. The Bertz CT molecular complexity index is 356. The largest absolute Gasteiger partial charge is 0.379 e. The highest BCUT2D eigenvalue weighted by molar-refractivity contribution is 5.80. The lowest BCUT2D eigenvalue weighted by Gasteiger charge is -2.34. The Morgan fingerprint density at radius 2 is 2.05 bits per heavy atom. The second kappa shape index (κ2) is 7.01. The molecule has 0 bridgehead atoms. The van der Waals surface area contributed by atoms with Crippen molar-refractivity contribution < 1.29 is 19.1 Å². The van der Waals surface area contributed by atoms with Gasteiger partial charge in [-0.1, -0.05) is 0 Å². The molecule has 0 aromatic heterocycles. The van der Waals surface area contributed by atoms with Crippen molar-refractivity contribution in [1.82, 2.24) is 10.2 Å². The summed E-state index contributed by atoms with van der Waals surface area (Å²) in [6.45, 7) is 2.26. The zero-order chi connectivity index (χ0) is 14.5. The first-order valence-electron chi connectivity index (χ1n) is 7.02. The molecule has 0 spiro atoms. The van der Waals surface area contributed by atoms with E-state index < -0.39 is 0 Å². The lowest BCUT2D eigenvalue weighted by molar-refractivity contribution is -0.137. The van der Waals surface area contributed by atoms with Crippen LogP contribution in [0.2, 0.25) is 0 Å². The van der Waals surface area contributed by atoms with Crippen molar-refractivity contribution in [3.05, 3.63) is 0 Å². The van der Waals surface area contributed by atoms with Crippen molar-refractivity contribution in [3.8, 4) is 0 Å². The van der Waals surface area contributed by atoms with Gasteiger partial charge in [0.25, 0.3) is 0 Å². The Morgan fingerprint density at radius 1 is 1.35 bits per heavy atom. The summed E-state index contributed by atoms with van der Waals surface area (Å²) in [5, 5.41) is 2.91. The molecule has 7 nitrogen and oxygen atoms in total. The van der Waals surface area contributed by atoms with Crippen LogP contribution in [0.1, 0.15) is 12.8 Å². The molecular weight excluding hydrogens is 262 g/mol. The number of likely N-dealkylation sites (tertiary alicyclic amines) is 1. The minimum Gasteiger partial charge on any atom is -0.379 e. The topological polar surface area (TPSA) is 93.9 Å². The minimum absolute atomic E-state index is 0.0768. The van der Waals surface area contributed by atoms with Crippen LogP contribution in [-0.2, 0) is 19.1 Å². The first-order chi connectivity index (χ1) is 9.61. The standard InChI is InChI=1S/C13H23N3O4/c1-19-8-12(17)15-9-2-4-16(5-3-9)13(18)10-6-20-7-11(10)14/h9-11H,2-8,14H2,1H3,(H,15,17). The number of amides is 2. The molecule has 114 valence electrons. The molecule has 2 fully saturated rings. The molecule has 2 aliphatic rings. The van der Waals surface area contributed by atoms with Gasteiger partial charge in [0.1, 0.15) is 6.61 Å². The SMILES string of the molecule is COCC(=O)NC1CCN(C(=O)C2COCC2N)CC1. The summed E-state index contributed by atoms with van der Waals surface area (Å²) in [6.07, 6.45) is 1.54. The molecule has 0 aliphatic carbocycles. The number of nitrogens with one attached hydrogen (secondary N) is 1. The molecule has 2 atom stereocenters. The van der Waals surface area contributed by atoms with E-state index in [1.54, 1.807) is 0 Å².